The summed E-state index contributed by atoms with van der Waals surface area (Å²) in [5.74, 6) is -0.101. The van der Waals surface area contributed by atoms with Crippen molar-refractivity contribution in [3.05, 3.63) is 59.7 Å². The number of fused-ring (bicyclic) bond motifs is 1. The third kappa shape index (κ3) is 3.69. The van der Waals surface area contributed by atoms with Gasteiger partial charge in [-0.25, -0.2) is 4.79 Å². The normalized spacial score (nSPS) is 21.3. The van der Waals surface area contributed by atoms with Crippen molar-refractivity contribution in [1.29, 1.82) is 0 Å². The van der Waals surface area contributed by atoms with Gasteiger partial charge in [0.25, 0.3) is 11.8 Å². The standard InChI is InChI=1S/C23H25N3O5/c1-4-23(16-10-6-5-7-11-16)20(28)26(21(29)24-23)25-18(27)14-30-17-12-8-9-15-13-22(2,3)31-19(15)17/h5-12H,4,13-14H2,1-3H3,(H,24,29)(H,25,27)/t23-/m1/s1. The summed E-state index contributed by atoms with van der Waals surface area (Å²) in [7, 11) is 0. The zero-order valence-corrected chi connectivity index (χ0v) is 17.7. The molecule has 0 unspecified atom stereocenters. The van der Waals surface area contributed by atoms with Crippen molar-refractivity contribution >= 4 is 17.8 Å². The van der Waals surface area contributed by atoms with Gasteiger partial charge in [0.2, 0.25) is 0 Å². The van der Waals surface area contributed by atoms with Gasteiger partial charge in [-0.15, -0.1) is 0 Å². The predicted octanol–water partition coefficient (Wildman–Crippen LogP) is 2.67. The summed E-state index contributed by atoms with van der Waals surface area (Å²) in [6, 6.07) is 13.8. The van der Waals surface area contributed by atoms with Gasteiger partial charge in [-0.3, -0.25) is 15.0 Å². The van der Waals surface area contributed by atoms with Gasteiger partial charge in [-0.1, -0.05) is 49.4 Å². The van der Waals surface area contributed by atoms with E-state index in [2.05, 4.69) is 10.7 Å². The van der Waals surface area contributed by atoms with Gasteiger partial charge in [-0.2, -0.15) is 5.01 Å². The second-order valence-corrected chi connectivity index (χ2v) is 8.30. The van der Waals surface area contributed by atoms with Gasteiger partial charge in [-0.05, 0) is 31.9 Å². The fourth-order valence-electron chi connectivity index (χ4n) is 4.04. The number of carbonyl (C=O) groups excluding carboxylic acids is 3. The van der Waals surface area contributed by atoms with Gasteiger partial charge in [0.05, 0.1) is 0 Å². The Labute approximate surface area is 180 Å². The van der Waals surface area contributed by atoms with Crippen molar-refractivity contribution < 1.29 is 23.9 Å². The predicted molar refractivity (Wildman–Crippen MR) is 112 cm³/mol. The first-order valence-corrected chi connectivity index (χ1v) is 10.2. The van der Waals surface area contributed by atoms with Gasteiger partial charge < -0.3 is 14.8 Å². The number of hydrazine groups is 1. The average molecular weight is 423 g/mol. The number of imide groups is 1. The van der Waals surface area contributed by atoms with Crippen molar-refractivity contribution in [2.24, 2.45) is 0 Å². The molecule has 2 heterocycles. The summed E-state index contributed by atoms with van der Waals surface area (Å²) < 4.78 is 11.6. The number of benzene rings is 2. The molecule has 0 aromatic heterocycles. The molecule has 2 aromatic rings. The minimum absolute atomic E-state index is 0.341. The van der Waals surface area contributed by atoms with Crippen LogP contribution in [-0.4, -0.2) is 35.1 Å². The smallest absolute Gasteiger partial charge is 0.344 e. The van der Waals surface area contributed by atoms with Crippen LogP contribution < -0.4 is 20.2 Å². The second kappa shape index (κ2) is 7.61. The average Bonchev–Trinajstić information content (AvgIpc) is 3.20. The summed E-state index contributed by atoms with van der Waals surface area (Å²) in [6.45, 7) is 5.39. The molecule has 4 rings (SSSR count). The molecule has 8 nitrogen and oxygen atoms in total. The van der Waals surface area contributed by atoms with Crippen LogP contribution in [0.2, 0.25) is 0 Å². The Morgan fingerprint density at radius 1 is 1.16 bits per heavy atom. The molecular formula is C23H25N3O5. The number of rotatable bonds is 6. The lowest BCUT2D eigenvalue weighted by Gasteiger charge is -2.25. The lowest BCUT2D eigenvalue weighted by Crippen LogP contribution is -2.49. The molecule has 2 aromatic carbocycles. The minimum atomic E-state index is -1.22. The molecule has 8 heteroatoms. The number of para-hydroxylation sites is 1. The molecule has 31 heavy (non-hydrogen) atoms. The van der Waals surface area contributed by atoms with Crippen molar-refractivity contribution in [1.82, 2.24) is 15.8 Å². The number of hydrogen-bond donors (Lipinski definition) is 2. The van der Waals surface area contributed by atoms with E-state index in [0.29, 0.717) is 23.5 Å². The molecule has 0 saturated carbocycles. The Hall–Kier alpha value is -3.55. The number of urea groups is 1. The van der Waals surface area contributed by atoms with E-state index in [0.717, 1.165) is 17.0 Å². The SMILES string of the molecule is CC[C@]1(c2ccccc2)NC(=O)N(NC(=O)COc2cccc3c2OC(C)(C)C3)C1=O. The number of ether oxygens (including phenoxy) is 2. The maximum atomic E-state index is 13.1. The largest absolute Gasteiger partial charge is 0.483 e. The van der Waals surface area contributed by atoms with Crippen LogP contribution in [0.3, 0.4) is 0 Å². The first-order chi connectivity index (χ1) is 14.8. The van der Waals surface area contributed by atoms with E-state index >= 15 is 0 Å². The Bertz CT molecular complexity index is 1040. The fourth-order valence-corrected chi connectivity index (χ4v) is 4.04. The van der Waals surface area contributed by atoms with Crippen LogP contribution in [0.1, 0.15) is 38.3 Å². The zero-order valence-electron chi connectivity index (χ0n) is 17.7. The topological polar surface area (TPSA) is 97.0 Å². The van der Waals surface area contributed by atoms with Crippen LogP contribution in [0.5, 0.6) is 11.5 Å². The molecule has 4 amide bonds. The molecule has 0 radical (unpaired) electrons. The van der Waals surface area contributed by atoms with E-state index < -0.39 is 23.4 Å². The number of carbonyl (C=O) groups is 3. The molecule has 1 saturated heterocycles. The van der Waals surface area contributed by atoms with Crippen molar-refractivity contribution in [2.75, 3.05) is 6.61 Å². The first kappa shape index (κ1) is 20.7. The van der Waals surface area contributed by atoms with Crippen LogP contribution in [0.25, 0.3) is 0 Å². The fraction of sp³-hybridized carbons (Fsp3) is 0.348. The monoisotopic (exact) mass is 423 g/mol. The number of amides is 4. The lowest BCUT2D eigenvalue weighted by atomic mass is 9.87. The molecule has 0 aliphatic carbocycles. The molecule has 0 bridgehead atoms. The van der Waals surface area contributed by atoms with Gasteiger partial charge >= 0.3 is 6.03 Å². The highest BCUT2D eigenvalue weighted by molar-refractivity contribution is 6.08. The van der Waals surface area contributed by atoms with Gasteiger partial charge in [0.15, 0.2) is 18.1 Å². The van der Waals surface area contributed by atoms with E-state index in [-0.39, 0.29) is 12.2 Å². The van der Waals surface area contributed by atoms with Crippen LogP contribution >= 0.6 is 0 Å². The van der Waals surface area contributed by atoms with E-state index in [9.17, 15) is 14.4 Å². The molecule has 1 atom stereocenters. The molecule has 162 valence electrons. The van der Waals surface area contributed by atoms with Crippen molar-refractivity contribution in [3.63, 3.8) is 0 Å². The highest BCUT2D eigenvalue weighted by atomic mass is 16.5. The summed E-state index contributed by atoms with van der Waals surface area (Å²) in [5.41, 5.74) is 2.46. The third-order valence-corrected chi connectivity index (χ3v) is 5.54. The van der Waals surface area contributed by atoms with E-state index in [1.807, 2.05) is 32.0 Å². The zero-order chi connectivity index (χ0) is 22.2. The van der Waals surface area contributed by atoms with Crippen LogP contribution in [-0.2, 0) is 21.5 Å². The quantitative estimate of drug-likeness (QED) is 0.697. The number of nitrogens with one attached hydrogen (secondary N) is 2. The third-order valence-electron chi connectivity index (χ3n) is 5.54. The Morgan fingerprint density at radius 3 is 2.61 bits per heavy atom. The summed E-state index contributed by atoms with van der Waals surface area (Å²) in [5, 5.41) is 3.44. The van der Waals surface area contributed by atoms with Gasteiger partial charge in [0, 0.05) is 12.0 Å². The Balaban J connectivity index is 1.44. The summed E-state index contributed by atoms with van der Waals surface area (Å²) in [4.78, 5) is 38.0. The molecule has 0 spiro atoms. The second-order valence-electron chi connectivity index (χ2n) is 8.30. The maximum absolute atomic E-state index is 13.1. The highest BCUT2D eigenvalue weighted by Gasteiger charge is 2.52. The molecule has 2 aliphatic heterocycles. The van der Waals surface area contributed by atoms with Gasteiger partial charge in [0.1, 0.15) is 11.1 Å². The van der Waals surface area contributed by atoms with E-state index in [1.165, 1.54) is 0 Å². The molecule has 2 aliphatic rings. The molecular weight excluding hydrogens is 398 g/mol. The first-order valence-electron chi connectivity index (χ1n) is 10.2. The number of nitrogens with zero attached hydrogens (tertiary/aromatic N) is 1. The molecule has 2 N–H and O–H groups in total. The van der Waals surface area contributed by atoms with Crippen LogP contribution in [0.15, 0.2) is 48.5 Å². The van der Waals surface area contributed by atoms with E-state index in [4.69, 9.17) is 9.47 Å². The van der Waals surface area contributed by atoms with Crippen molar-refractivity contribution in [3.8, 4) is 11.5 Å². The van der Waals surface area contributed by atoms with Crippen LogP contribution in [0.4, 0.5) is 4.79 Å². The minimum Gasteiger partial charge on any atom is -0.483 e. The summed E-state index contributed by atoms with van der Waals surface area (Å²) >= 11 is 0. The van der Waals surface area contributed by atoms with Crippen LogP contribution in [0, 0.1) is 0 Å². The van der Waals surface area contributed by atoms with Crippen molar-refractivity contribution in [2.45, 2.75) is 44.8 Å². The molecule has 1 fully saturated rings. The van der Waals surface area contributed by atoms with E-state index in [1.54, 1.807) is 37.3 Å². The highest BCUT2D eigenvalue weighted by Crippen LogP contribution is 2.41. The Morgan fingerprint density at radius 2 is 1.90 bits per heavy atom. The lowest BCUT2D eigenvalue weighted by molar-refractivity contribution is -0.140. The maximum Gasteiger partial charge on any atom is 0.344 e. The summed E-state index contributed by atoms with van der Waals surface area (Å²) in [6.07, 6.45) is 1.08. The number of hydrogen-bond acceptors (Lipinski definition) is 5. The Kier molecular flexibility index (Phi) is 5.08.